The molecule has 3 N–H and O–H groups in total. The third kappa shape index (κ3) is 3.42. The van der Waals surface area contributed by atoms with Crippen LogP contribution in [0.3, 0.4) is 0 Å². The molecular weight excluding hydrogens is 274 g/mol. The Morgan fingerprint density at radius 2 is 2.29 bits per heavy atom. The number of non-ortho nitro benzene ring substituents is 1. The number of nitrogens with zero attached hydrogens (tertiary/aromatic N) is 3. The molecule has 2 rings (SSSR count). The summed E-state index contributed by atoms with van der Waals surface area (Å²) in [5.41, 5.74) is 6.70. The van der Waals surface area contributed by atoms with Gasteiger partial charge >= 0.3 is 0 Å². The van der Waals surface area contributed by atoms with Gasteiger partial charge in [0.05, 0.1) is 16.9 Å². The topological polar surface area (TPSA) is 116 Å². The number of nitrogens with one attached hydrogen (secondary N) is 1. The predicted octanol–water partition coefficient (Wildman–Crippen LogP) is 1.31. The van der Waals surface area contributed by atoms with E-state index in [2.05, 4.69) is 10.3 Å². The first-order chi connectivity index (χ1) is 10.0. The van der Waals surface area contributed by atoms with Gasteiger partial charge in [-0.2, -0.15) is 0 Å². The van der Waals surface area contributed by atoms with Crippen molar-refractivity contribution >= 4 is 17.3 Å². The zero-order chi connectivity index (χ0) is 15.4. The van der Waals surface area contributed by atoms with Crippen LogP contribution in [0.5, 0.6) is 0 Å². The maximum atomic E-state index is 12.1. The lowest BCUT2D eigenvalue weighted by Crippen LogP contribution is -2.13. The number of amides is 1. The molecule has 0 aliphatic carbocycles. The highest BCUT2D eigenvalue weighted by Gasteiger charge is 2.14. The molecule has 1 amide bonds. The number of aryl methyl sites for hydroxylation is 1. The smallest absolute Gasteiger partial charge is 0.275 e. The van der Waals surface area contributed by atoms with E-state index in [1.54, 1.807) is 23.8 Å². The summed E-state index contributed by atoms with van der Waals surface area (Å²) in [6, 6.07) is 4.30. The van der Waals surface area contributed by atoms with Crippen LogP contribution in [0.15, 0.2) is 30.7 Å². The molecule has 0 saturated carbocycles. The molecule has 0 aliphatic heterocycles. The maximum Gasteiger partial charge on any atom is 0.275 e. The van der Waals surface area contributed by atoms with E-state index in [0.29, 0.717) is 18.8 Å². The molecule has 0 radical (unpaired) electrons. The van der Waals surface area contributed by atoms with Crippen molar-refractivity contribution in [2.45, 2.75) is 13.5 Å². The Labute approximate surface area is 120 Å². The molecule has 0 bridgehead atoms. The van der Waals surface area contributed by atoms with Gasteiger partial charge in [-0.05, 0) is 12.5 Å². The Bertz CT molecular complexity index is 680. The largest absolute Gasteiger partial charge is 0.335 e. The molecule has 0 fully saturated rings. The molecule has 8 nitrogen and oxygen atoms in total. The zero-order valence-corrected chi connectivity index (χ0v) is 11.4. The molecule has 110 valence electrons. The van der Waals surface area contributed by atoms with Crippen molar-refractivity contribution in [1.29, 1.82) is 0 Å². The molecule has 0 atom stereocenters. The number of anilines is 1. The normalized spacial score (nSPS) is 10.4. The van der Waals surface area contributed by atoms with E-state index in [4.69, 9.17) is 5.73 Å². The summed E-state index contributed by atoms with van der Waals surface area (Å²) in [7, 11) is 0. The number of hydrogen-bond acceptors (Lipinski definition) is 5. The molecule has 0 saturated heterocycles. The fraction of sp³-hybridized carbons (Fsp3) is 0.231. The maximum absolute atomic E-state index is 12.1. The minimum Gasteiger partial charge on any atom is -0.335 e. The fourth-order valence-corrected chi connectivity index (χ4v) is 1.79. The minimum absolute atomic E-state index is 0.0791. The first-order valence-corrected chi connectivity index (χ1v) is 6.29. The van der Waals surface area contributed by atoms with Gasteiger partial charge in [-0.3, -0.25) is 14.9 Å². The first-order valence-electron chi connectivity index (χ1n) is 6.29. The number of aromatic nitrogens is 2. The minimum atomic E-state index is -0.509. The average molecular weight is 289 g/mol. The summed E-state index contributed by atoms with van der Waals surface area (Å²) >= 11 is 0. The standard InChI is InChI=1S/C13H15N5O3/c1-9-2-3-10(18(20)21)6-11(9)16-13(19)12-7-17(5-4-14)8-15-12/h2-3,6-8H,4-5,14H2,1H3,(H,16,19). The van der Waals surface area contributed by atoms with Crippen molar-refractivity contribution in [1.82, 2.24) is 9.55 Å². The lowest BCUT2D eigenvalue weighted by atomic mass is 10.2. The number of carbonyl (C=O) groups excluding carboxylic acids is 1. The van der Waals surface area contributed by atoms with Crippen LogP contribution in [0.1, 0.15) is 16.1 Å². The van der Waals surface area contributed by atoms with Gasteiger partial charge in [0.15, 0.2) is 0 Å². The summed E-state index contributed by atoms with van der Waals surface area (Å²) in [5.74, 6) is -0.422. The Morgan fingerprint density at radius 3 is 2.95 bits per heavy atom. The number of carbonyl (C=O) groups is 1. The molecule has 21 heavy (non-hydrogen) atoms. The van der Waals surface area contributed by atoms with Crippen molar-refractivity contribution < 1.29 is 9.72 Å². The number of imidazole rings is 1. The lowest BCUT2D eigenvalue weighted by Gasteiger charge is -2.06. The van der Waals surface area contributed by atoms with Gasteiger partial charge in [0.25, 0.3) is 11.6 Å². The van der Waals surface area contributed by atoms with Crippen LogP contribution in [0.2, 0.25) is 0 Å². The third-order valence-electron chi connectivity index (χ3n) is 2.93. The SMILES string of the molecule is Cc1ccc([N+](=O)[O-])cc1NC(=O)c1cn(CCN)cn1. The van der Waals surface area contributed by atoms with Gasteiger partial charge in [-0.25, -0.2) is 4.98 Å². The van der Waals surface area contributed by atoms with E-state index in [-0.39, 0.29) is 11.4 Å². The van der Waals surface area contributed by atoms with Gasteiger partial charge in [0.2, 0.25) is 0 Å². The van der Waals surface area contributed by atoms with Crippen LogP contribution < -0.4 is 11.1 Å². The Hall–Kier alpha value is -2.74. The van der Waals surface area contributed by atoms with Crippen LogP contribution in [0, 0.1) is 17.0 Å². The Kier molecular flexibility index (Phi) is 4.29. The van der Waals surface area contributed by atoms with Crippen molar-refractivity contribution in [3.8, 4) is 0 Å². The van der Waals surface area contributed by atoms with E-state index in [0.717, 1.165) is 5.56 Å². The first kappa shape index (κ1) is 14.7. The molecule has 0 unspecified atom stereocenters. The summed E-state index contributed by atoms with van der Waals surface area (Å²) in [6.45, 7) is 2.77. The monoisotopic (exact) mass is 289 g/mol. The summed E-state index contributed by atoms with van der Waals surface area (Å²) < 4.78 is 1.70. The van der Waals surface area contributed by atoms with Gasteiger partial charge in [0, 0.05) is 31.4 Å². The van der Waals surface area contributed by atoms with Gasteiger partial charge in [-0.15, -0.1) is 0 Å². The third-order valence-corrected chi connectivity index (χ3v) is 2.93. The van der Waals surface area contributed by atoms with Crippen molar-refractivity contribution in [2.24, 2.45) is 5.73 Å². The fourth-order valence-electron chi connectivity index (χ4n) is 1.79. The van der Waals surface area contributed by atoms with E-state index in [1.807, 2.05) is 0 Å². The summed E-state index contributed by atoms with van der Waals surface area (Å²) in [6.07, 6.45) is 3.09. The lowest BCUT2D eigenvalue weighted by molar-refractivity contribution is -0.384. The molecule has 0 aliphatic rings. The molecule has 1 aromatic carbocycles. The number of benzene rings is 1. The van der Waals surface area contributed by atoms with Gasteiger partial charge < -0.3 is 15.6 Å². The van der Waals surface area contributed by atoms with Crippen LogP contribution in [0.25, 0.3) is 0 Å². The highest BCUT2D eigenvalue weighted by atomic mass is 16.6. The molecule has 0 spiro atoms. The number of nitrogens with two attached hydrogens (primary N) is 1. The summed E-state index contributed by atoms with van der Waals surface area (Å²) in [5, 5.41) is 13.4. The second kappa shape index (κ2) is 6.14. The second-order valence-electron chi connectivity index (χ2n) is 4.50. The van der Waals surface area contributed by atoms with Crippen LogP contribution in [-0.2, 0) is 6.54 Å². The van der Waals surface area contributed by atoms with Crippen LogP contribution in [-0.4, -0.2) is 26.9 Å². The average Bonchev–Trinajstić information content (AvgIpc) is 2.90. The van der Waals surface area contributed by atoms with Crippen LogP contribution in [0.4, 0.5) is 11.4 Å². The van der Waals surface area contributed by atoms with Crippen molar-refractivity contribution in [3.63, 3.8) is 0 Å². The molecule has 8 heteroatoms. The summed E-state index contributed by atoms with van der Waals surface area (Å²) in [4.78, 5) is 26.3. The highest BCUT2D eigenvalue weighted by molar-refractivity contribution is 6.03. The Morgan fingerprint density at radius 1 is 1.52 bits per heavy atom. The molecule has 1 aromatic heterocycles. The van der Waals surface area contributed by atoms with E-state index in [1.165, 1.54) is 18.5 Å². The number of nitro benzene ring substituents is 1. The number of nitro groups is 1. The molecule has 2 aromatic rings. The zero-order valence-electron chi connectivity index (χ0n) is 11.4. The quantitative estimate of drug-likeness (QED) is 0.636. The van der Waals surface area contributed by atoms with Crippen LogP contribution >= 0.6 is 0 Å². The Balaban J connectivity index is 2.18. The number of hydrogen-bond donors (Lipinski definition) is 2. The predicted molar refractivity (Wildman–Crippen MR) is 77.1 cm³/mol. The van der Waals surface area contributed by atoms with E-state index < -0.39 is 10.8 Å². The molecule has 1 heterocycles. The van der Waals surface area contributed by atoms with Gasteiger partial charge in [-0.1, -0.05) is 6.07 Å². The van der Waals surface area contributed by atoms with Crippen molar-refractivity contribution in [2.75, 3.05) is 11.9 Å². The molecular formula is C13H15N5O3. The number of rotatable bonds is 5. The highest BCUT2D eigenvalue weighted by Crippen LogP contribution is 2.22. The van der Waals surface area contributed by atoms with E-state index >= 15 is 0 Å². The second-order valence-corrected chi connectivity index (χ2v) is 4.50. The van der Waals surface area contributed by atoms with Crippen molar-refractivity contribution in [3.05, 3.63) is 52.1 Å². The van der Waals surface area contributed by atoms with Gasteiger partial charge in [0.1, 0.15) is 5.69 Å². The van der Waals surface area contributed by atoms with E-state index in [9.17, 15) is 14.9 Å².